The second-order valence-electron chi connectivity index (χ2n) is 7.86. The fourth-order valence-corrected chi connectivity index (χ4v) is 4.08. The summed E-state index contributed by atoms with van der Waals surface area (Å²) in [5.41, 5.74) is 1.54. The molecule has 2 heterocycles. The van der Waals surface area contributed by atoms with Gasteiger partial charge in [0.25, 0.3) is 0 Å². The van der Waals surface area contributed by atoms with E-state index in [0.717, 1.165) is 36.9 Å². The number of rotatable bonds is 4. The minimum atomic E-state index is -0.634. The van der Waals surface area contributed by atoms with Gasteiger partial charge in [0.05, 0.1) is 17.8 Å². The zero-order valence-corrected chi connectivity index (χ0v) is 15.2. The molecule has 0 aromatic carbocycles. The Labute approximate surface area is 144 Å². The molecule has 2 aliphatic rings. The Balaban J connectivity index is 1.71. The molecule has 0 radical (unpaired) electrons. The summed E-state index contributed by atoms with van der Waals surface area (Å²) in [6.07, 6.45) is 6.17. The van der Waals surface area contributed by atoms with Crippen LogP contribution >= 0.6 is 0 Å². The Bertz CT molecular complexity index is 604. The summed E-state index contributed by atoms with van der Waals surface area (Å²) < 4.78 is 1.85. The monoisotopic (exact) mass is 334 g/mol. The molecule has 1 aliphatic heterocycles. The highest BCUT2D eigenvalue weighted by Gasteiger charge is 2.41. The van der Waals surface area contributed by atoms with Crippen molar-refractivity contribution in [3.8, 4) is 0 Å². The minimum Gasteiger partial charge on any atom is -0.389 e. The summed E-state index contributed by atoms with van der Waals surface area (Å²) in [4.78, 5) is 14.1. The van der Waals surface area contributed by atoms with Crippen molar-refractivity contribution in [1.82, 2.24) is 20.0 Å². The van der Waals surface area contributed by atoms with E-state index in [4.69, 9.17) is 0 Å². The van der Waals surface area contributed by atoms with E-state index in [-0.39, 0.29) is 18.0 Å². The van der Waals surface area contributed by atoms with Crippen LogP contribution in [0.15, 0.2) is 6.20 Å². The Morgan fingerprint density at radius 1 is 1.38 bits per heavy atom. The molecule has 0 bridgehead atoms. The molecule has 6 nitrogen and oxygen atoms in total. The van der Waals surface area contributed by atoms with Gasteiger partial charge < -0.3 is 15.3 Å². The number of nitrogens with one attached hydrogen (secondary N) is 1. The number of carbonyl (C=O) groups is 1. The molecule has 24 heavy (non-hydrogen) atoms. The highest BCUT2D eigenvalue weighted by atomic mass is 16.3. The first kappa shape index (κ1) is 17.4. The summed E-state index contributed by atoms with van der Waals surface area (Å²) in [5.74, 6) is 0.847. The van der Waals surface area contributed by atoms with E-state index in [9.17, 15) is 9.90 Å². The predicted octanol–water partition coefficient (Wildman–Crippen LogP) is 1.53. The van der Waals surface area contributed by atoms with Crippen LogP contribution in [0.4, 0.5) is 0 Å². The number of carbonyl (C=O) groups excluding carboxylic acids is 1. The predicted molar refractivity (Wildman–Crippen MR) is 92.4 cm³/mol. The Morgan fingerprint density at radius 2 is 2.04 bits per heavy atom. The van der Waals surface area contributed by atoms with Crippen LogP contribution in [-0.4, -0.2) is 50.9 Å². The van der Waals surface area contributed by atoms with Crippen LogP contribution in [0.25, 0.3) is 0 Å². The molecule has 1 aromatic rings. The number of hydrogen-bond acceptors (Lipinski definition) is 4. The molecule has 6 heteroatoms. The number of hydrogen-bond donors (Lipinski definition) is 2. The van der Waals surface area contributed by atoms with Crippen LogP contribution in [0.5, 0.6) is 0 Å². The third-order valence-electron chi connectivity index (χ3n) is 6.08. The van der Waals surface area contributed by atoms with Gasteiger partial charge in [-0.1, -0.05) is 6.92 Å². The maximum absolute atomic E-state index is 12.3. The van der Waals surface area contributed by atoms with Gasteiger partial charge in [-0.05, 0) is 38.5 Å². The van der Waals surface area contributed by atoms with Crippen molar-refractivity contribution < 1.29 is 9.90 Å². The molecule has 134 valence electrons. The van der Waals surface area contributed by atoms with E-state index in [1.54, 1.807) is 0 Å². The smallest absolute Gasteiger partial charge is 0.224 e. The Hall–Kier alpha value is -1.40. The lowest BCUT2D eigenvalue weighted by atomic mass is 9.79. The van der Waals surface area contributed by atoms with Gasteiger partial charge in [0.15, 0.2) is 0 Å². The molecule has 2 atom stereocenters. The number of aryl methyl sites for hydroxylation is 1. The number of amides is 1. The van der Waals surface area contributed by atoms with E-state index in [1.807, 2.05) is 36.8 Å². The van der Waals surface area contributed by atoms with E-state index in [0.29, 0.717) is 18.9 Å². The molecular formula is C18H30N4O2. The molecule has 1 aliphatic carbocycles. The topological polar surface area (TPSA) is 70.4 Å². The van der Waals surface area contributed by atoms with E-state index < -0.39 is 5.60 Å². The SMILES string of the molecule is Cc1c([C@H]2[C@H](NCC3(O)CCC(C)CC3)CC(=O)N2C)cnn1C. The summed E-state index contributed by atoms with van der Waals surface area (Å²) >= 11 is 0. The van der Waals surface area contributed by atoms with Crippen LogP contribution in [-0.2, 0) is 11.8 Å². The summed E-state index contributed by atoms with van der Waals surface area (Å²) in [5, 5.41) is 18.7. The number of likely N-dealkylation sites (tertiary alicyclic amines) is 1. The molecule has 0 unspecified atom stereocenters. The van der Waals surface area contributed by atoms with Crippen LogP contribution in [0.3, 0.4) is 0 Å². The van der Waals surface area contributed by atoms with Gasteiger partial charge in [-0.2, -0.15) is 5.10 Å². The zero-order chi connectivity index (χ0) is 17.5. The van der Waals surface area contributed by atoms with Crippen LogP contribution < -0.4 is 5.32 Å². The van der Waals surface area contributed by atoms with Crippen molar-refractivity contribution >= 4 is 5.91 Å². The summed E-state index contributed by atoms with van der Waals surface area (Å²) in [6.45, 7) is 4.84. The molecule has 2 N–H and O–H groups in total. The summed E-state index contributed by atoms with van der Waals surface area (Å²) in [6, 6.07) is 0.00564. The number of aromatic nitrogens is 2. The van der Waals surface area contributed by atoms with Crippen molar-refractivity contribution in [3.05, 3.63) is 17.5 Å². The fourth-order valence-electron chi connectivity index (χ4n) is 4.08. The quantitative estimate of drug-likeness (QED) is 0.876. The molecule has 1 amide bonds. The van der Waals surface area contributed by atoms with E-state index >= 15 is 0 Å². The standard InChI is InChI=1S/C18H30N4O2/c1-12-5-7-18(24,8-6-12)11-19-15-9-16(23)21(3)17(15)14-10-20-22(4)13(14)2/h10,12,15,17,19,24H,5-9,11H2,1-4H3/t12?,15-,17+,18?/m1/s1. The molecule has 1 saturated carbocycles. The van der Waals surface area contributed by atoms with Crippen molar-refractivity contribution in [2.45, 2.75) is 63.6 Å². The van der Waals surface area contributed by atoms with Crippen molar-refractivity contribution in [2.24, 2.45) is 13.0 Å². The molecule has 2 fully saturated rings. The van der Waals surface area contributed by atoms with Crippen molar-refractivity contribution in [3.63, 3.8) is 0 Å². The van der Waals surface area contributed by atoms with Crippen molar-refractivity contribution in [2.75, 3.05) is 13.6 Å². The third-order valence-corrected chi connectivity index (χ3v) is 6.08. The maximum Gasteiger partial charge on any atom is 0.224 e. The lowest BCUT2D eigenvalue weighted by molar-refractivity contribution is -0.127. The largest absolute Gasteiger partial charge is 0.389 e. The second kappa shape index (κ2) is 6.48. The van der Waals surface area contributed by atoms with Crippen LogP contribution in [0.1, 0.15) is 56.3 Å². The minimum absolute atomic E-state index is 0.0164. The lowest BCUT2D eigenvalue weighted by Gasteiger charge is -2.36. The average Bonchev–Trinajstić information content (AvgIpc) is 3.02. The van der Waals surface area contributed by atoms with E-state index in [1.165, 1.54) is 0 Å². The van der Waals surface area contributed by atoms with Gasteiger partial charge in [-0.25, -0.2) is 0 Å². The number of nitrogens with zero attached hydrogens (tertiary/aromatic N) is 3. The van der Waals surface area contributed by atoms with Gasteiger partial charge in [0, 0.05) is 44.4 Å². The second-order valence-corrected chi connectivity index (χ2v) is 7.86. The first-order valence-corrected chi connectivity index (χ1v) is 9.00. The normalized spacial score (nSPS) is 34.1. The third kappa shape index (κ3) is 3.22. The van der Waals surface area contributed by atoms with Gasteiger partial charge in [-0.15, -0.1) is 0 Å². The zero-order valence-electron chi connectivity index (χ0n) is 15.2. The Kier molecular flexibility index (Phi) is 4.71. The van der Waals surface area contributed by atoms with Gasteiger partial charge >= 0.3 is 0 Å². The molecule has 3 rings (SSSR count). The van der Waals surface area contributed by atoms with Gasteiger partial charge in [0.2, 0.25) is 5.91 Å². The fraction of sp³-hybridized carbons (Fsp3) is 0.778. The molecular weight excluding hydrogens is 304 g/mol. The molecule has 0 spiro atoms. The molecule has 1 saturated heterocycles. The summed E-state index contributed by atoms with van der Waals surface area (Å²) in [7, 11) is 3.78. The first-order chi connectivity index (χ1) is 11.3. The van der Waals surface area contributed by atoms with E-state index in [2.05, 4.69) is 17.3 Å². The maximum atomic E-state index is 12.3. The molecule has 1 aromatic heterocycles. The van der Waals surface area contributed by atoms with Gasteiger partial charge in [-0.3, -0.25) is 9.48 Å². The van der Waals surface area contributed by atoms with Crippen molar-refractivity contribution in [1.29, 1.82) is 0 Å². The first-order valence-electron chi connectivity index (χ1n) is 9.00. The Morgan fingerprint density at radius 3 is 2.62 bits per heavy atom. The van der Waals surface area contributed by atoms with Crippen LogP contribution in [0.2, 0.25) is 0 Å². The van der Waals surface area contributed by atoms with Crippen LogP contribution in [0, 0.1) is 12.8 Å². The highest BCUT2D eigenvalue weighted by Crippen LogP contribution is 2.35. The van der Waals surface area contributed by atoms with Gasteiger partial charge in [0.1, 0.15) is 0 Å². The number of aliphatic hydroxyl groups is 1. The average molecular weight is 334 g/mol. The highest BCUT2D eigenvalue weighted by molar-refractivity contribution is 5.80. The lowest BCUT2D eigenvalue weighted by Crippen LogP contribution is -2.47. The number of likely N-dealkylation sites (N-methyl/N-ethyl adjacent to an activating group) is 1.